The lowest BCUT2D eigenvalue weighted by Gasteiger charge is -2.22. The molecule has 1 aliphatic carbocycles. The summed E-state index contributed by atoms with van der Waals surface area (Å²) in [6.07, 6.45) is 5.58. The Kier molecular flexibility index (Phi) is 2.71. The lowest BCUT2D eigenvalue weighted by Crippen LogP contribution is -2.30. The van der Waals surface area contributed by atoms with Crippen LogP contribution in [0.25, 0.3) is 0 Å². The number of hydrogen-bond acceptors (Lipinski definition) is 4. The number of H-pyrrole nitrogens is 1. The van der Waals surface area contributed by atoms with E-state index in [9.17, 15) is 8.42 Å². The van der Waals surface area contributed by atoms with E-state index in [2.05, 4.69) is 14.9 Å². The Bertz CT molecular complexity index is 630. The molecule has 0 saturated heterocycles. The second-order valence-corrected chi connectivity index (χ2v) is 5.97. The molecule has 0 fully saturated rings. The summed E-state index contributed by atoms with van der Waals surface area (Å²) in [6.45, 7) is 0. The fraction of sp³-hybridized carbons (Fsp3) is 0.364. The van der Waals surface area contributed by atoms with Crippen molar-refractivity contribution in [3.05, 3.63) is 35.9 Å². The molecule has 1 aliphatic rings. The molecule has 2 aromatic rings. The van der Waals surface area contributed by atoms with E-state index in [4.69, 9.17) is 4.42 Å². The van der Waals surface area contributed by atoms with Crippen LogP contribution in [0.2, 0.25) is 0 Å². The molecular weight excluding hydrogens is 254 g/mol. The molecular formula is C11H13N3O3S. The van der Waals surface area contributed by atoms with Crippen LogP contribution in [0.3, 0.4) is 0 Å². The van der Waals surface area contributed by atoms with E-state index in [0.717, 1.165) is 30.6 Å². The van der Waals surface area contributed by atoms with Crippen molar-refractivity contribution < 1.29 is 12.8 Å². The van der Waals surface area contributed by atoms with Crippen molar-refractivity contribution in [3.8, 4) is 0 Å². The minimum atomic E-state index is -3.55. The van der Waals surface area contributed by atoms with Crippen molar-refractivity contribution in [1.82, 2.24) is 14.9 Å². The van der Waals surface area contributed by atoms with Gasteiger partial charge < -0.3 is 4.42 Å². The maximum absolute atomic E-state index is 12.1. The third-order valence-corrected chi connectivity index (χ3v) is 4.52. The predicted molar refractivity (Wildman–Crippen MR) is 63.3 cm³/mol. The fourth-order valence-electron chi connectivity index (χ4n) is 2.25. The Hall–Kier alpha value is -1.60. The van der Waals surface area contributed by atoms with E-state index in [1.807, 2.05) is 6.07 Å². The van der Waals surface area contributed by atoms with Gasteiger partial charge in [-0.2, -0.15) is 5.10 Å². The Morgan fingerprint density at radius 3 is 3.11 bits per heavy atom. The van der Waals surface area contributed by atoms with E-state index in [1.54, 1.807) is 6.26 Å². The van der Waals surface area contributed by atoms with Gasteiger partial charge in [-0.05, 0) is 25.0 Å². The van der Waals surface area contributed by atoms with Gasteiger partial charge in [0.15, 0.2) is 5.03 Å². The zero-order valence-corrected chi connectivity index (χ0v) is 10.4. The lowest BCUT2D eigenvalue weighted by atomic mass is 9.94. The third kappa shape index (κ3) is 1.95. The molecule has 18 heavy (non-hydrogen) atoms. The summed E-state index contributed by atoms with van der Waals surface area (Å²) in [6, 6.07) is 3.04. The molecule has 0 aliphatic heterocycles. The maximum Gasteiger partial charge on any atom is 0.258 e. The first-order valence-electron chi connectivity index (χ1n) is 5.75. The highest BCUT2D eigenvalue weighted by atomic mass is 32.2. The smallest absolute Gasteiger partial charge is 0.258 e. The first-order valence-corrected chi connectivity index (χ1v) is 7.23. The van der Waals surface area contributed by atoms with Gasteiger partial charge in [0, 0.05) is 12.0 Å². The molecule has 0 spiro atoms. The number of nitrogens with zero attached hydrogens (tertiary/aromatic N) is 1. The predicted octanol–water partition coefficient (Wildman–Crippen LogP) is 1.36. The standard InChI is InChI=1S/C11H13N3O3S/c15-18(16,11-4-6-12-13-11)14-9-2-1-3-10-8(9)5-7-17-10/h4-7,9,14H,1-3H2,(H,12,13). The van der Waals surface area contributed by atoms with Gasteiger partial charge in [-0.1, -0.05) is 0 Å². The minimum absolute atomic E-state index is 0.0816. The summed E-state index contributed by atoms with van der Waals surface area (Å²) >= 11 is 0. The van der Waals surface area contributed by atoms with Gasteiger partial charge in [0.1, 0.15) is 5.76 Å². The number of hydrogen-bond donors (Lipinski definition) is 2. The SMILES string of the molecule is O=S(=O)(NC1CCCc2occc21)c1ccn[nH]1. The molecule has 0 amide bonds. The Morgan fingerprint density at radius 2 is 2.33 bits per heavy atom. The third-order valence-electron chi connectivity index (χ3n) is 3.11. The largest absolute Gasteiger partial charge is 0.469 e. The second kappa shape index (κ2) is 4.25. The van der Waals surface area contributed by atoms with Crippen LogP contribution in [-0.2, 0) is 16.4 Å². The van der Waals surface area contributed by atoms with E-state index in [0.29, 0.717) is 0 Å². The van der Waals surface area contributed by atoms with Crippen LogP contribution in [-0.4, -0.2) is 18.6 Å². The van der Waals surface area contributed by atoms with E-state index in [-0.39, 0.29) is 11.1 Å². The number of aryl methyl sites for hydroxylation is 1. The van der Waals surface area contributed by atoms with Crippen molar-refractivity contribution in [2.24, 2.45) is 0 Å². The highest BCUT2D eigenvalue weighted by molar-refractivity contribution is 7.89. The van der Waals surface area contributed by atoms with Crippen LogP contribution >= 0.6 is 0 Å². The van der Waals surface area contributed by atoms with Crippen LogP contribution in [0, 0.1) is 0 Å². The first-order chi connectivity index (χ1) is 8.67. The van der Waals surface area contributed by atoms with Crippen molar-refractivity contribution in [3.63, 3.8) is 0 Å². The summed E-state index contributed by atoms with van der Waals surface area (Å²) < 4.78 is 32.2. The molecule has 2 aromatic heterocycles. The van der Waals surface area contributed by atoms with Crippen molar-refractivity contribution in [1.29, 1.82) is 0 Å². The number of aromatic amines is 1. The highest BCUT2D eigenvalue weighted by Gasteiger charge is 2.27. The zero-order valence-electron chi connectivity index (χ0n) is 9.59. The van der Waals surface area contributed by atoms with Crippen LogP contribution in [0.4, 0.5) is 0 Å². The van der Waals surface area contributed by atoms with Gasteiger partial charge in [-0.15, -0.1) is 0 Å². The molecule has 1 unspecified atom stereocenters. The average Bonchev–Trinajstić information content (AvgIpc) is 3.00. The van der Waals surface area contributed by atoms with E-state index < -0.39 is 10.0 Å². The Labute approximate surface area is 104 Å². The van der Waals surface area contributed by atoms with Gasteiger partial charge in [0.05, 0.1) is 18.5 Å². The van der Waals surface area contributed by atoms with Crippen molar-refractivity contribution in [2.75, 3.05) is 0 Å². The number of furan rings is 1. The molecule has 0 aromatic carbocycles. The molecule has 0 radical (unpaired) electrons. The quantitative estimate of drug-likeness (QED) is 0.878. The van der Waals surface area contributed by atoms with Crippen LogP contribution < -0.4 is 4.72 Å². The number of rotatable bonds is 3. The van der Waals surface area contributed by atoms with E-state index >= 15 is 0 Å². The summed E-state index contributed by atoms with van der Waals surface area (Å²) in [7, 11) is -3.55. The second-order valence-electron chi connectivity index (χ2n) is 4.29. The molecule has 1 atom stereocenters. The molecule has 0 bridgehead atoms. The molecule has 2 heterocycles. The van der Waals surface area contributed by atoms with Gasteiger partial charge >= 0.3 is 0 Å². The molecule has 2 N–H and O–H groups in total. The fourth-order valence-corrected chi connectivity index (χ4v) is 3.41. The summed E-state index contributed by atoms with van der Waals surface area (Å²) in [4.78, 5) is 0. The molecule has 3 rings (SSSR count). The van der Waals surface area contributed by atoms with Gasteiger partial charge in [-0.3, -0.25) is 5.10 Å². The topological polar surface area (TPSA) is 88.0 Å². The number of fused-ring (bicyclic) bond motifs is 1. The van der Waals surface area contributed by atoms with Gasteiger partial charge in [-0.25, -0.2) is 13.1 Å². The normalized spacial score (nSPS) is 19.7. The summed E-state index contributed by atoms with van der Waals surface area (Å²) in [5.74, 6) is 0.874. The van der Waals surface area contributed by atoms with E-state index in [1.165, 1.54) is 12.3 Å². The van der Waals surface area contributed by atoms with Crippen LogP contribution in [0.5, 0.6) is 0 Å². The van der Waals surface area contributed by atoms with Crippen molar-refractivity contribution >= 4 is 10.0 Å². The van der Waals surface area contributed by atoms with Crippen LogP contribution in [0.1, 0.15) is 30.2 Å². The zero-order chi connectivity index (χ0) is 12.6. The molecule has 96 valence electrons. The Morgan fingerprint density at radius 1 is 1.44 bits per heavy atom. The lowest BCUT2D eigenvalue weighted by molar-refractivity contribution is 0.438. The first kappa shape index (κ1) is 11.5. The maximum atomic E-state index is 12.1. The number of nitrogens with one attached hydrogen (secondary N) is 2. The summed E-state index contributed by atoms with van der Waals surface area (Å²) in [5, 5.41) is 6.20. The number of sulfonamides is 1. The molecule has 6 nitrogen and oxygen atoms in total. The Balaban J connectivity index is 1.87. The average molecular weight is 267 g/mol. The number of aromatic nitrogens is 2. The molecule has 7 heteroatoms. The monoisotopic (exact) mass is 267 g/mol. The summed E-state index contributed by atoms with van der Waals surface area (Å²) in [5.41, 5.74) is 0.935. The van der Waals surface area contributed by atoms with Crippen LogP contribution in [0.15, 0.2) is 34.0 Å². The highest BCUT2D eigenvalue weighted by Crippen LogP contribution is 2.31. The minimum Gasteiger partial charge on any atom is -0.469 e. The molecule has 0 saturated carbocycles. The van der Waals surface area contributed by atoms with Crippen molar-refractivity contribution in [2.45, 2.75) is 30.3 Å². The van der Waals surface area contributed by atoms with Gasteiger partial charge in [0.2, 0.25) is 0 Å². The van der Waals surface area contributed by atoms with Gasteiger partial charge in [0.25, 0.3) is 10.0 Å².